The van der Waals surface area contributed by atoms with E-state index >= 15 is 0 Å². The summed E-state index contributed by atoms with van der Waals surface area (Å²) < 4.78 is 6.16. The van der Waals surface area contributed by atoms with Gasteiger partial charge in [0, 0.05) is 10.0 Å². The van der Waals surface area contributed by atoms with Crippen molar-refractivity contribution in [2.45, 2.75) is 6.10 Å². The van der Waals surface area contributed by atoms with E-state index < -0.39 is 6.10 Å². The summed E-state index contributed by atoms with van der Waals surface area (Å²) in [6.45, 7) is 0.935. The topological polar surface area (TPSA) is 29.5 Å². The van der Waals surface area contributed by atoms with Gasteiger partial charge >= 0.3 is 0 Å². The number of aliphatic hydroxyl groups is 1. The maximum atomic E-state index is 9.48. The Morgan fingerprint density at radius 1 is 1.27 bits per heavy atom. The van der Waals surface area contributed by atoms with E-state index in [1.807, 2.05) is 24.3 Å². The van der Waals surface area contributed by atoms with Crippen LogP contribution in [0.3, 0.4) is 0 Å². The Bertz CT molecular complexity index is 388. The zero-order chi connectivity index (χ0) is 10.7. The highest BCUT2D eigenvalue weighted by Gasteiger charge is 2.23. The zero-order valence-corrected chi connectivity index (χ0v) is 9.70. The van der Waals surface area contributed by atoms with Gasteiger partial charge in [-0.05, 0) is 24.3 Å². The lowest BCUT2D eigenvalue weighted by Crippen LogP contribution is -2.15. The average Bonchev–Trinajstić information content (AvgIpc) is 2.63. The van der Waals surface area contributed by atoms with Crippen LogP contribution in [0.15, 0.2) is 28.7 Å². The summed E-state index contributed by atoms with van der Waals surface area (Å²) in [6, 6.07) is 7.79. The van der Waals surface area contributed by atoms with Gasteiger partial charge in [0.25, 0.3) is 0 Å². The highest BCUT2D eigenvalue weighted by molar-refractivity contribution is 9.10. The van der Waals surface area contributed by atoms with Gasteiger partial charge in [-0.3, -0.25) is 0 Å². The first-order valence-electron chi connectivity index (χ1n) is 4.78. The predicted octanol–water partition coefficient (Wildman–Crippen LogP) is 1.81. The van der Waals surface area contributed by atoms with E-state index in [0.717, 1.165) is 10.0 Å². The van der Waals surface area contributed by atoms with Crippen molar-refractivity contribution in [1.29, 1.82) is 0 Å². The number of hydrogen-bond acceptors (Lipinski definition) is 2. The second kappa shape index (κ2) is 4.80. The molecule has 0 bridgehead atoms. The van der Waals surface area contributed by atoms with E-state index in [0.29, 0.717) is 13.2 Å². The smallest absolute Gasteiger partial charge is 0.0933 e. The Morgan fingerprint density at radius 2 is 2.00 bits per heavy atom. The third kappa shape index (κ3) is 2.82. The molecule has 0 amide bonds. The molecular weight excluding hydrogens is 256 g/mol. The van der Waals surface area contributed by atoms with Crippen molar-refractivity contribution in [2.75, 3.05) is 13.2 Å². The molecule has 1 heterocycles. The monoisotopic (exact) mass is 266 g/mol. The Morgan fingerprint density at radius 3 is 2.60 bits per heavy atom. The van der Waals surface area contributed by atoms with Gasteiger partial charge in [0.15, 0.2) is 0 Å². The van der Waals surface area contributed by atoms with E-state index in [-0.39, 0.29) is 5.92 Å². The van der Waals surface area contributed by atoms with Crippen molar-refractivity contribution < 1.29 is 9.84 Å². The van der Waals surface area contributed by atoms with Crippen LogP contribution in [-0.4, -0.2) is 24.4 Å². The number of halogens is 1. The summed E-state index contributed by atoms with van der Waals surface area (Å²) in [5.74, 6) is 6.01. The van der Waals surface area contributed by atoms with Crippen molar-refractivity contribution in [2.24, 2.45) is 5.92 Å². The van der Waals surface area contributed by atoms with Crippen LogP contribution in [0.1, 0.15) is 5.56 Å². The Hall–Kier alpha value is -0.820. The zero-order valence-electron chi connectivity index (χ0n) is 8.11. The van der Waals surface area contributed by atoms with Crippen molar-refractivity contribution in [3.8, 4) is 11.8 Å². The number of rotatable bonds is 0. The summed E-state index contributed by atoms with van der Waals surface area (Å²) in [5, 5.41) is 9.48. The van der Waals surface area contributed by atoms with E-state index in [1.165, 1.54) is 0 Å². The molecule has 1 aliphatic rings. The molecule has 1 aromatic carbocycles. The number of aliphatic hydroxyl groups excluding tert-OH is 1. The molecule has 1 fully saturated rings. The molecule has 0 radical (unpaired) electrons. The van der Waals surface area contributed by atoms with Gasteiger partial charge in [0.2, 0.25) is 0 Å². The molecule has 0 aliphatic carbocycles. The van der Waals surface area contributed by atoms with Gasteiger partial charge in [-0.1, -0.05) is 27.8 Å². The quantitative estimate of drug-likeness (QED) is 0.726. The molecule has 2 atom stereocenters. The van der Waals surface area contributed by atoms with Crippen molar-refractivity contribution >= 4 is 15.9 Å². The summed E-state index contributed by atoms with van der Waals surface area (Å²) >= 11 is 3.36. The van der Waals surface area contributed by atoms with Crippen LogP contribution in [0.5, 0.6) is 0 Å². The van der Waals surface area contributed by atoms with Gasteiger partial charge in [0.05, 0.1) is 25.2 Å². The summed E-state index contributed by atoms with van der Waals surface area (Å²) in [4.78, 5) is 0. The van der Waals surface area contributed by atoms with Crippen LogP contribution in [0.4, 0.5) is 0 Å². The standard InChI is InChI=1S/C12H11BrO2/c13-11-5-2-9(3-6-11)1-4-10-7-15-8-12(10)14/h2-3,5-6,10,12,14H,7-8H2/t10-,12-/m1/s1. The molecule has 15 heavy (non-hydrogen) atoms. The van der Waals surface area contributed by atoms with Crippen LogP contribution in [0, 0.1) is 17.8 Å². The second-order valence-corrected chi connectivity index (χ2v) is 4.40. The van der Waals surface area contributed by atoms with Crippen LogP contribution < -0.4 is 0 Å². The average molecular weight is 267 g/mol. The minimum absolute atomic E-state index is 0.0475. The molecule has 1 aromatic rings. The lowest BCUT2D eigenvalue weighted by Gasteiger charge is -2.02. The third-order valence-electron chi connectivity index (χ3n) is 2.30. The maximum Gasteiger partial charge on any atom is 0.0933 e. The SMILES string of the molecule is O[C@@H]1COC[C@H]1C#Cc1ccc(Br)cc1. The van der Waals surface area contributed by atoms with Gasteiger partial charge in [0.1, 0.15) is 0 Å². The molecule has 0 aromatic heterocycles. The first-order valence-corrected chi connectivity index (χ1v) is 5.58. The fourth-order valence-electron chi connectivity index (χ4n) is 1.39. The second-order valence-electron chi connectivity index (χ2n) is 3.49. The normalized spacial score (nSPS) is 24.7. The minimum atomic E-state index is -0.437. The molecule has 3 heteroatoms. The van der Waals surface area contributed by atoms with Crippen LogP contribution in [0.2, 0.25) is 0 Å². The molecule has 1 saturated heterocycles. The fraction of sp³-hybridized carbons (Fsp3) is 0.333. The lowest BCUT2D eigenvalue weighted by molar-refractivity contribution is 0.123. The summed E-state index contributed by atoms with van der Waals surface area (Å²) in [7, 11) is 0. The van der Waals surface area contributed by atoms with E-state index in [9.17, 15) is 5.11 Å². The van der Waals surface area contributed by atoms with Gasteiger partial charge < -0.3 is 9.84 Å². The molecular formula is C12H11BrO2. The number of ether oxygens (including phenoxy) is 1. The largest absolute Gasteiger partial charge is 0.389 e. The number of hydrogen-bond donors (Lipinski definition) is 1. The van der Waals surface area contributed by atoms with E-state index in [1.54, 1.807) is 0 Å². The maximum absolute atomic E-state index is 9.48. The Labute approximate surface area is 97.4 Å². The minimum Gasteiger partial charge on any atom is -0.389 e. The molecule has 0 spiro atoms. The molecule has 1 N–H and O–H groups in total. The van der Waals surface area contributed by atoms with Crippen molar-refractivity contribution in [1.82, 2.24) is 0 Å². The summed E-state index contributed by atoms with van der Waals surface area (Å²) in [6.07, 6.45) is -0.437. The van der Waals surface area contributed by atoms with Gasteiger partial charge in [-0.15, -0.1) is 0 Å². The molecule has 0 unspecified atom stereocenters. The van der Waals surface area contributed by atoms with Gasteiger partial charge in [-0.25, -0.2) is 0 Å². The molecule has 2 nitrogen and oxygen atoms in total. The fourth-order valence-corrected chi connectivity index (χ4v) is 1.65. The van der Waals surface area contributed by atoms with Crippen LogP contribution >= 0.6 is 15.9 Å². The highest BCUT2D eigenvalue weighted by Crippen LogP contribution is 2.13. The van der Waals surface area contributed by atoms with Crippen molar-refractivity contribution in [3.05, 3.63) is 34.3 Å². The first-order chi connectivity index (χ1) is 7.25. The highest BCUT2D eigenvalue weighted by atomic mass is 79.9. The van der Waals surface area contributed by atoms with Crippen LogP contribution in [0.25, 0.3) is 0 Å². The number of benzene rings is 1. The van der Waals surface area contributed by atoms with Crippen molar-refractivity contribution in [3.63, 3.8) is 0 Å². The van der Waals surface area contributed by atoms with E-state index in [4.69, 9.17) is 4.74 Å². The molecule has 1 aliphatic heterocycles. The van der Waals surface area contributed by atoms with E-state index in [2.05, 4.69) is 27.8 Å². The predicted molar refractivity (Wildman–Crippen MR) is 61.3 cm³/mol. The van der Waals surface area contributed by atoms with Crippen LogP contribution in [-0.2, 0) is 4.74 Å². The first kappa shape index (κ1) is 10.7. The summed E-state index contributed by atoms with van der Waals surface area (Å²) in [5.41, 5.74) is 0.956. The molecule has 78 valence electrons. The van der Waals surface area contributed by atoms with Gasteiger partial charge in [-0.2, -0.15) is 0 Å². The Balaban J connectivity index is 2.07. The lowest BCUT2D eigenvalue weighted by atomic mass is 10.1. The molecule has 0 saturated carbocycles. The Kier molecular flexibility index (Phi) is 3.42. The third-order valence-corrected chi connectivity index (χ3v) is 2.83. The molecule has 2 rings (SSSR count).